The van der Waals surface area contributed by atoms with Gasteiger partial charge in [0.05, 0.1) is 17.9 Å². The number of thioether (sulfide) groups is 1. The Balaban J connectivity index is 1.49. The van der Waals surface area contributed by atoms with Crippen molar-refractivity contribution in [1.82, 2.24) is 24.3 Å². The third-order valence-corrected chi connectivity index (χ3v) is 6.50. The fourth-order valence-electron chi connectivity index (χ4n) is 3.40. The van der Waals surface area contributed by atoms with Crippen molar-refractivity contribution >= 4 is 45.2 Å². The molecule has 4 heterocycles. The molecule has 0 bridgehead atoms. The molecule has 1 N–H and O–H groups in total. The van der Waals surface area contributed by atoms with Crippen LogP contribution in [-0.2, 0) is 4.79 Å². The number of benzene rings is 1. The first-order chi connectivity index (χ1) is 14.1. The fraction of sp³-hybridized carbons (Fsp3) is 0.211. The minimum atomic E-state index is -0.248. The van der Waals surface area contributed by atoms with Gasteiger partial charge in [-0.05, 0) is 24.6 Å². The number of hydrogen-bond acceptors (Lipinski definition) is 7. The molecule has 0 spiro atoms. The second-order valence-corrected chi connectivity index (χ2v) is 8.64. The molecule has 3 aromatic heterocycles. The quantitative estimate of drug-likeness (QED) is 0.506. The van der Waals surface area contributed by atoms with Gasteiger partial charge in [-0.2, -0.15) is 5.10 Å². The summed E-state index contributed by atoms with van der Waals surface area (Å²) in [6.45, 7) is 2.01. The number of nitrogens with zero attached hydrogens (tertiary/aromatic N) is 5. The minimum Gasteiger partial charge on any atom is -0.302 e. The maximum absolute atomic E-state index is 13.2. The molecule has 1 atom stereocenters. The monoisotopic (exact) mass is 424 g/mol. The van der Waals surface area contributed by atoms with E-state index in [-0.39, 0.29) is 23.9 Å². The number of thiazole rings is 1. The summed E-state index contributed by atoms with van der Waals surface area (Å²) in [5.41, 5.74) is 2.33. The third kappa shape index (κ3) is 3.23. The Morgan fingerprint density at radius 1 is 1.38 bits per heavy atom. The first-order valence-electron chi connectivity index (χ1n) is 8.99. The van der Waals surface area contributed by atoms with E-state index in [1.54, 1.807) is 27.0 Å². The minimum absolute atomic E-state index is 0.166. The van der Waals surface area contributed by atoms with Crippen LogP contribution in [0.5, 0.6) is 0 Å². The average Bonchev–Trinajstić information content (AvgIpc) is 3.42. The number of carbonyl (C=O) groups excluding carboxylic acids is 1. The van der Waals surface area contributed by atoms with Crippen LogP contribution >= 0.6 is 23.1 Å². The number of carbonyl (C=O) groups is 1. The van der Waals surface area contributed by atoms with Crippen molar-refractivity contribution in [2.75, 3.05) is 11.1 Å². The molecule has 29 heavy (non-hydrogen) atoms. The molecule has 0 saturated carbocycles. The third-order valence-electron chi connectivity index (χ3n) is 4.72. The van der Waals surface area contributed by atoms with Crippen molar-refractivity contribution in [1.29, 1.82) is 0 Å². The van der Waals surface area contributed by atoms with Crippen molar-refractivity contribution in [2.24, 2.45) is 0 Å². The van der Waals surface area contributed by atoms with Gasteiger partial charge in [0.2, 0.25) is 5.91 Å². The van der Waals surface area contributed by atoms with Crippen molar-refractivity contribution in [3.05, 3.63) is 58.0 Å². The summed E-state index contributed by atoms with van der Waals surface area (Å²) in [6.07, 6.45) is 3.38. The molecule has 0 saturated heterocycles. The van der Waals surface area contributed by atoms with Crippen LogP contribution < -0.4 is 10.9 Å². The second-order valence-electron chi connectivity index (χ2n) is 6.76. The second kappa shape index (κ2) is 7.12. The van der Waals surface area contributed by atoms with E-state index in [2.05, 4.69) is 15.4 Å². The predicted octanol–water partition coefficient (Wildman–Crippen LogP) is 3.02. The SMILES string of the molecule is Cc1cccc(-n2ncc3c(=O)n4c(nc32)SCC4CC(=O)Nc2nccs2)c1. The molecule has 146 valence electrons. The summed E-state index contributed by atoms with van der Waals surface area (Å²) in [6, 6.07) is 7.64. The van der Waals surface area contributed by atoms with Gasteiger partial charge < -0.3 is 5.32 Å². The van der Waals surface area contributed by atoms with Crippen LogP contribution in [0.3, 0.4) is 0 Å². The molecule has 1 aromatic carbocycles. The maximum atomic E-state index is 13.2. The number of nitrogens with one attached hydrogen (secondary N) is 1. The fourth-order valence-corrected chi connectivity index (χ4v) is 5.07. The molecule has 0 aliphatic carbocycles. The molecule has 5 rings (SSSR count). The molecule has 1 amide bonds. The van der Waals surface area contributed by atoms with Crippen LogP contribution in [0.1, 0.15) is 18.0 Å². The van der Waals surface area contributed by atoms with Crippen LogP contribution in [0.15, 0.2) is 52.0 Å². The first kappa shape index (κ1) is 18.1. The maximum Gasteiger partial charge on any atom is 0.265 e. The zero-order chi connectivity index (χ0) is 20.0. The number of anilines is 1. The van der Waals surface area contributed by atoms with Gasteiger partial charge in [-0.3, -0.25) is 14.2 Å². The highest BCUT2D eigenvalue weighted by atomic mass is 32.2. The van der Waals surface area contributed by atoms with Crippen molar-refractivity contribution in [3.8, 4) is 5.69 Å². The summed E-state index contributed by atoms with van der Waals surface area (Å²) >= 11 is 2.84. The van der Waals surface area contributed by atoms with E-state index in [4.69, 9.17) is 4.98 Å². The van der Waals surface area contributed by atoms with Gasteiger partial charge in [-0.25, -0.2) is 14.6 Å². The zero-order valence-corrected chi connectivity index (χ0v) is 17.0. The van der Waals surface area contributed by atoms with Crippen LogP contribution in [0.25, 0.3) is 16.7 Å². The summed E-state index contributed by atoms with van der Waals surface area (Å²) in [5.74, 6) is 0.457. The Bertz CT molecular complexity index is 1280. The molecule has 1 unspecified atom stereocenters. The first-order valence-corrected chi connectivity index (χ1v) is 10.9. The largest absolute Gasteiger partial charge is 0.302 e. The van der Waals surface area contributed by atoms with Crippen molar-refractivity contribution in [2.45, 2.75) is 24.5 Å². The van der Waals surface area contributed by atoms with Crippen LogP contribution in [-0.4, -0.2) is 36.0 Å². The van der Waals surface area contributed by atoms with Crippen molar-refractivity contribution < 1.29 is 4.79 Å². The molecule has 0 radical (unpaired) electrons. The van der Waals surface area contributed by atoms with E-state index < -0.39 is 0 Å². The molecular formula is C19H16N6O2S2. The topological polar surface area (TPSA) is 94.7 Å². The van der Waals surface area contributed by atoms with Crippen LogP contribution in [0, 0.1) is 6.92 Å². The van der Waals surface area contributed by atoms with Gasteiger partial charge >= 0.3 is 0 Å². The Hall–Kier alpha value is -2.98. The van der Waals surface area contributed by atoms with Gasteiger partial charge in [0.15, 0.2) is 15.9 Å². The number of rotatable bonds is 4. The summed E-state index contributed by atoms with van der Waals surface area (Å²) in [4.78, 5) is 34.3. The molecule has 4 aromatic rings. The lowest BCUT2D eigenvalue weighted by Crippen LogP contribution is -2.27. The van der Waals surface area contributed by atoms with Gasteiger partial charge in [-0.15, -0.1) is 11.3 Å². The van der Waals surface area contributed by atoms with Gasteiger partial charge in [-0.1, -0.05) is 23.9 Å². The number of amides is 1. The lowest BCUT2D eigenvalue weighted by Gasteiger charge is -2.12. The normalized spacial score (nSPS) is 15.6. The standard InChI is InChI=1S/C19H16N6O2S2/c1-11-3-2-4-12(7-11)25-16-14(9-21-25)17(27)24-13(10-29-19(24)23-16)8-15(26)22-18-20-5-6-28-18/h2-7,9,13H,8,10H2,1H3,(H,20,22,26). The molecule has 10 heteroatoms. The highest BCUT2D eigenvalue weighted by molar-refractivity contribution is 7.99. The van der Waals surface area contributed by atoms with Gasteiger partial charge in [0.1, 0.15) is 5.39 Å². The lowest BCUT2D eigenvalue weighted by molar-refractivity contribution is -0.116. The van der Waals surface area contributed by atoms with E-state index in [9.17, 15) is 9.59 Å². The Morgan fingerprint density at radius 2 is 2.28 bits per heavy atom. The number of aryl methyl sites for hydroxylation is 1. The van der Waals surface area contributed by atoms with E-state index in [1.807, 2.05) is 31.2 Å². The van der Waals surface area contributed by atoms with Gasteiger partial charge in [0, 0.05) is 23.8 Å². The van der Waals surface area contributed by atoms with Gasteiger partial charge in [0.25, 0.3) is 5.56 Å². The molecule has 8 nitrogen and oxygen atoms in total. The number of aromatic nitrogens is 5. The summed E-state index contributed by atoms with van der Waals surface area (Å²) < 4.78 is 3.31. The highest BCUT2D eigenvalue weighted by Gasteiger charge is 2.29. The Morgan fingerprint density at radius 3 is 3.07 bits per heavy atom. The molecular weight excluding hydrogens is 408 g/mol. The number of fused-ring (bicyclic) bond motifs is 2. The highest BCUT2D eigenvalue weighted by Crippen LogP contribution is 2.33. The van der Waals surface area contributed by atoms with E-state index in [0.29, 0.717) is 27.1 Å². The zero-order valence-electron chi connectivity index (χ0n) is 15.4. The molecule has 1 aliphatic heterocycles. The van der Waals surface area contributed by atoms with E-state index in [0.717, 1.165) is 11.3 Å². The predicted molar refractivity (Wildman–Crippen MR) is 113 cm³/mol. The molecule has 1 aliphatic rings. The summed E-state index contributed by atoms with van der Waals surface area (Å²) in [7, 11) is 0. The lowest BCUT2D eigenvalue weighted by atomic mass is 10.2. The van der Waals surface area contributed by atoms with Crippen LogP contribution in [0.2, 0.25) is 0 Å². The smallest absolute Gasteiger partial charge is 0.265 e. The van der Waals surface area contributed by atoms with E-state index >= 15 is 0 Å². The van der Waals surface area contributed by atoms with E-state index in [1.165, 1.54) is 23.1 Å². The van der Waals surface area contributed by atoms with Crippen LogP contribution in [0.4, 0.5) is 5.13 Å². The Labute approximate surface area is 173 Å². The average molecular weight is 425 g/mol. The van der Waals surface area contributed by atoms with Crippen molar-refractivity contribution in [3.63, 3.8) is 0 Å². The number of hydrogen-bond donors (Lipinski definition) is 1. The summed E-state index contributed by atoms with van der Waals surface area (Å²) in [5, 5.41) is 10.6. The Kier molecular flexibility index (Phi) is 4.44. The molecule has 0 fully saturated rings.